The number of pyridine rings is 1. The molecule has 1 aromatic carbocycles. The second-order valence-corrected chi connectivity index (χ2v) is 4.48. The highest BCUT2D eigenvalue weighted by atomic mass is 19.4. The summed E-state index contributed by atoms with van der Waals surface area (Å²) in [7, 11) is 1.48. The van der Waals surface area contributed by atoms with Crippen LogP contribution in [-0.4, -0.2) is 18.3 Å². The maximum atomic E-state index is 13.1. The van der Waals surface area contributed by atoms with Crippen molar-refractivity contribution in [1.29, 1.82) is 0 Å². The van der Waals surface area contributed by atoms with E-state index < -0.39 is 12.2 Å². The summed E-state index contributed by atoms with van der Waals surface area (Å²) in [4.78, 5) is 3.97. The van der Waals surface area contributed by atoms with Crippen LogP contribution < -0.4 is 10.1 Å². The zero-order valence-electron chi connectivity index (χ0n) is 11.4. The lowest BCUT2D eigenvalue weighted by molar-refractivity contribution is -0.158. The third-order valence-electron chi connectivity index (χ3n) is 2.98. The average Bonchev–Trinajstić information content (AvgIpc) is 2.48. The van der Waals surface area contributed by atoms with Crippen LogP contribution in [0.2, 0.25) is 0 Å². The first-order valence-corrected chi connectivity index (χ1v) is 6.34. The molecule has 0 aliphatic rings. The van der Waals surface area contributed by atoms with Gasteiger partial charge in [-0.2, -0.15) is 13.2 Å². The van der Waals surface area contributed by atoms with Crippen LogP contribution in [0, 0.1) is 0 Å². The lowest BCUT2D eigenvalue weighted by atomic mass is 10.1. The molecule has 21 heavy (non-hydrogen) atoms. The number of rotatable bonds is 5. The van der Waals surface area contributed by atoms with Gasteiger partial charge >= 0.3 is 6.18 Å². The number of ether oxygens (including phenoxy) is 1. The molecule has 0 fully saturated rings. The van der Waals surface area contributed by atoms with E-state index in [2.05, 4.69) is 10.3 Å². The normalized spacial score (nSPS) is 13.0. The van der Waals surface area contributed by atoms with Gasteiger partial charge in [0.2, 0.25) is 5.88 Å². The molecule has 0 saturated heterocycles. The van der Waals surface area contributed by atoms with Gasteiger partial charge in [0, 0.05) is 18.8 Å². The molecular weight excluding hydrogens is 281 g/mol. The van der Waals surface area contributed by atoms with E-state index in [-0.39, 0.29) is 12.1 Å². The molecule has 0 amide bonds. The van der Waals surface area contributed by atoms with E-state index >= 15 is 0 Å². The lowest BCUT2D eigenvalue weighted by Crippen LogP contribution is -2.33. The third kappa shape index (κ3) is 4.19. The molecule has 0 aliphatic heterocycles. The number of nitrogens with zero attached hydrogens (tertiary/aromatic N) is 1. The largest absolute Gasteiger partial charge is 0.481 e. The smallest absolute Gasteiger partial charge is 0.407 e. The predicted molar refractivity (Wildman–Crippen MR) is 72.9 cm³/mol. The number of hydrogen-bond acceptors (Lipinski definition) is 3. The highest BCUT2D eigenvalue weighted by Crippen LogP contribution is 2.32. The molecule has 2 aromatic rings. The van der Waals surface area contributed by atoms with Crippen LogP contribution >= 0.6 is 0 Å². The highest BCUT2D eigenvalue weighted by molar-refractivity contribution is 5.22. The van der Waals surface area contributed by atoms with E-state index in [0.29, 0.717) is 11.4 Å². The molecule has 1 aromatic heterocycles. The predicted octanol–water partition coefficient (Wildman–Crippen LogP) is 3.48. The number of methoxy groups -OCH3 is 1. The van der Waals surface area contributed by atoms with Crippen molar-refractivity contribution in [2.45, 2.75) is 18.8 Å². The van der Waals surface area contributed by atoms with Crippen LogP contribution in [0.5, 0.6) is 5.88 Å². The third-order valence-corrected chi connectivity index (χ3v) is 2.98. The number of nitrogens with one attached hydrogen (secondary N) is 1. The number of benzene rings is 1. The van der Waals surface area contributed by atoms with Gasteiger partial charge in [-0.05, 0) is 11.1 Å². The first-order chi connectivity index (χ1) is 10.0. The monoisotopic (exact) mass is 296 g/mol. The molecule has 0 spiro atoms. The SMILES string of the molecule is COc1ccc(CNC(c2ccccc2)C(F)(F)F)cn1. The van der Waals surface area contributed by atoms with Gasteiger partial charge in [-0.3, -0.25) is 5.32 Å². The van der Waals surface area contributed by atoms with Gasteiger partial charge in [0.25, 0.3) is 0 Å². The van der Waals surface area contributed by atoms with Crippen molar-refractivity contribution >= 4 is 0 Å². The Hall–Kier alpha value is -2.08. The van der Waals surface area contributed by atoms with E-state index in [0.717, 1.165) is 0 Å². The fourth-order valence-electron chi connectivity index (χ4n) is 1.92. The number of hydrogen-bond donors (Lipinski definition) is 1. The summed E-state index contributed by atoms with van der Waals surface area (Å²) in [5, 5.41) is 2.52. The molecule has 0 radical (unpaired) electrons. The average molecular weight is 296 g/mol. The van der Waals surface area contributed by atoms with Gasteiger partial charge in [0.1, 0.15) is 6.04 Å². The lowest BCUT2D eigenvalue weighted by Gasteiger charge is -2.22. The molecule has 6 heteroatoms. The van der Waals surface area contributed by atoms with Crippen molar-refractivity contribution in [2.24, 2.45) is 0 Å². The zero-order valence-corrected chi connectivity index (χ0v) is 11.4. The van der Waals surface area contributed by atoms with Crippen molar-refractivity contribution in [3.8, 4) is 5.88 Å². The minimum absolute atomic E-state index is 0.0655. The van der Waals surface area contributed by atoms with Crippen molar-refractivity contribution in [3.05, 3.63) is 59.8 Å². The molecule has 0 saturated carbocycles. The van der Waals surface area contributed by atoms with Gasteiger partial charge in [0.15, 0.2) is 0 Å². The molecule has 0 bridgehead atoms. The molecule has 1 N–H and O–H groups in total. The second kappa shape index (κ2) is 6.58. The maximum Gasteiger partial charge on any atom is 0.407 e. The van der Waals surface area contributed by atoms with E-state index in [1.165, 1.54) is 25.4 Å². The van der Waals surface area contributed by atoms with E-state index in [1.54, 1.807) is 30.3 Å². The van der Waals surface area contributed by atoms with E-state index in [9.17, 15) is 13.2 Å². The summed E-state index contributed by atoms with van der Waals surface area (Å²) in [6, 6.07) is 9.36. The second-order valence-electron chi connectivity index (χ2n) is 4.48. The Morgan fingerprint density at radius 1 is 1.14 bits per heavy atom. The van der Waals surface area contributed by atoms with Crippen LogP contribution in [0.3, 0.4) is 0 Å². The Kier molecular flexibility index (Phi) is 4.80. The molecule has 3 nitrogen and oxygen atoms in total. The number of alkyl halides is 3. The van der Waals surface area contributed by atoms with Crippen molar-refractivity contribution in [3.63, 3.8) is 0 Å². The summed E-state index contributed by atoms with van der Waals surface area (Å²) in [6.45, 7) is 0.0655. The molecule has 2 rings (SSSR count). The Balaban J connectivity index is 2.09. The Labute approximate surface area is 120 Å². The zero-order chi connectivity index (χ0) is 15.3. The molecule has 1 atom stereocenters. The summed E-state index contributed by atoms with van der Waals surface area (Å²) in [5.74, 6) is 0.425. The van der Waals surface area contributed by atoms with Crippen LogP contribution in [0.25, 0.3) is 0 Å². The van der Waals surface area contributed by atoms with Crippen molar-refractivity contribution < 1.29 is 17.9 Å². The Morgan fingerprint density at radius 3 is 2.38 bits per heavy atom. The Bertz CT molecular complexity index is 555. The topological polar surface area (TPSA) is 34.1 Å². The minimum Gasteiger partial charge on any atom is -0.481 e. The van der Waals surface area contributed by atoms with Crippen LogP contribution in [0.4, 0.5) is 13.2 Å². The maximum absolute atomic E-state index is 13.1. The van der Waals surface area contributed by atoms with Gasteiger partial charge in [-0.1, -0.05) is 36.4 Å². The first-order valence-electron chi connectivity index (χ1n) is 6.34. The molecular formula is C15H15F3N2O. The van der Waals surface area contributed by atoms with Gasteiger partial charge < -0.3 is 4.74 Å². The minimum atomic E-state index is -4.36. The standard InChI is InChI=1S/C15H15F3N2O/c1-21-13-8-7-11(9-19-13)10-20-14(15(16,17)18)12-5-3-2-4-6-12/h2-9,14,20H,10H2,1H3. The fourth-order valence-corrected chi connectivity index (χ4v) is 1.92. The fraction of sp³-hybridized carbons (Fsp3) is 0.267. The van der Waals surface area contributed by atoms with Gasteiger partial charge in [0.05, 0.1) is 7.11 Å². The molecule has 1 unspecified atom stereocenters. The number of halogens is 3. The summed E-state index contributed by atoms with van der Waals surface area (Å²) in [6.07, 6.45) is -2.87. The molecule has 0 aliphatic carbocycles. The van der Waals surface area contributed by atoms with Crippen molar-refractivity contribution in [1.82, 2.24) is 10.3 Å². The summed E-state index contributed by atoms with van der Waals surface area (Å²) < 4.78 is 44.3. The first kappa shape index (κ1) is 15.3. The van der Waals surface area contributed by atoms with Crippen LogP contribution in [0.15, 0.2) is 48.7 Å². The molecule has 1 heterocycles. The van der Waals surface area contributed by atoms with Crippen LogP contribution in [-0.2, 0) is 6.54 Å². The quantitative estimate of drug-likeness (QED) is 0.917. The summed E-state index contributed by atoms with van der Waals surface area (Å²) in [5.41, 5.74) is 0.840. The van der Waals surface area contributed by atoms with E-state index in [4.69, 9.17) is 4.74 Å². The Morgan fingerprint density at radius 2 is 1.86 bits per heavy atom. The number of aromatic nitrogens is 1. The molecule has 112 valence electrons. The summed E-state index contributed by atoms with van der Waals surface area (Å²) >= 11 is 0. The van der Waals surface area contributed by atoms with Gasteiger partial charge in [-0.25, -0.2) is 4.98 Å². The van der Waals surface area contributed by atoms with Gasteiger partial charge in [-0.15, -0.1) is 0 Å². The van der Waals surface area contributed by atoms with Crippen molar-refractivity contribution in [2.75, 3.05) is 7.11 Å². The highest BCUT2D eigenvalue weighted by Gasteiger charge is 2.40. The van der Waals surface area contributed by atoms with E-state index in [1.807, 2.05) is 0 Å². The van der Waals surface area contributed by atoms with Crippen LogP contribution in [0.1, 0.15) is 17.2 Å².